The molecule has 0 saturated heterocycles. The molecule has 6 nitrogen and oxygen atoms in total. The molecular weight excluding hydrogens is 320 g/mol. The molecule has 0 unspecified atom stereocenters. The van der Waals surface area contributed by atoms with Crippen molar-refractivity contribution in [2.45, 2.75) is 13.3 Å². The molecule has 6 heteroatoms. The zero-order valence-electron chi connectivity index (χ0n) is 14.1. The van der Waals surface area contributed by atoms with Crippen LogP contribution in [0.5, 0.6) is 0 Å². The third kappa shape index (κ3) is 4.84. The molecule has 1 aromatic heterocycles. The van der Waals surface area contributed by atoms with Crippen molar-refractivity contribution in [2.24, 2.45) is 0 Å². The molecule has 0 spiro atoms. The van der Waals surface area contributed by atoms with E-state index in [9.17, 15) is 9.59 Å². The van der Waals surface area contributed by atoms with E-state index in [1.54, 1.807) is 37.3 Å². The molecule has 2 aromatic rings. The van der Waals surface area contributed by atoms with Crippen molar-refractivity contribution in [1.29, 1.82) is 0 Å². The first-order chi connectivity index (χ1) is 12.2. The lowest BCUT2D eigenvalue weighted by Crippen LogP contribution is -2.41. The molecule has 0 radical (unpaired) electrons. The van der Waals surface area contributed by atoms with E-state index in [-0.39, 0.29) is 11.5 Å². The van der Waals surface area contributed by atoms with E-state index >= 15 is 0 Å². The lowest BCUT2D eigenvalue weighted by atomic mass is 10.1. The Morgan fingerprint density at radius 2 is 2.04 bits per heavy atom. The highest BCUT2D eigenvalue weighted by Crippen LogP contribution is 2.08. The van der Waals surface area contributed by atoms with Gasteiger partial charge in [0, 0.05) is 18.1 Å². The summed E-state index contributed by atoms with van der Waals surface area (Å²) in [4.78, 5) is 28.1. The second kappa shape index (κ2) is 9.12. The van der Waals surface area contributed by atoms with E-state index < -0.39 is 0 Å². The average Bonchev–Trinajstić information content (AvgIpc) is 2.86. The maximum Gasteiger partial charge on any atom is 0.321 e. The first-order valence-electron chi connectivity index (χ1n) is 7.69. The van der Waals surface area contributed by atoms with Crippen LogP contribution in [-0.2, 0) is 4.79 Å². The van der Waals surface area contributed by atoms with Crippen molar-refractivity contribution < 1.29 is 24.0 Å². The van der Waals surface area contributed by atoms with Crippen LogP contribution in [0.15, 0.2) is 70.9 Å². The Bertz CT molecular complexity index is 817. The van der Waals surface area contributed by atoms with Crippen molar-refractivity contribution in [3.8, 4) is 0 Å². The number of nitrogens with zero attached hydrogens (tertiary/aromatic N) is 2. The van der Waals surface area contributed by atoms with Crippen LogP contribution in [0.1, 0.15) is 28.2 Å². The molecule has 0 saturated carbocycles. The van der Waals surface area contributed by atoms with Crippen molar-refractivity contribution in [3.63, 3.8) is 0 Å². The van der Waals surface area contributed by atoms with Crippen LogP contribution < -0.4 is 9.74 Å². The van der Waals surface area contributed by atoms with E-state index in [4.69, 9.17) is 9.47 Å². The van der Waals surface area contributed by atoms with E-state index in [0.29, 0.717) is 11.3 Å². The topological polar surface area (TPSA) is 73.3 Å². The fourth-order valence-corrected chi connectivity index (χ4v) is 2.08. The van der Waals surface area contributed by atoms with Crippen molar-refractivity contribution in [3.05, 3.63) is 83.2 Å². The third-order valence-corrected chi connectivity index (χ3v) is 3.40. The van der Waals surface area contributed by atoms with Gasteiger partial charge in [0.15, 0.2) is 5.16 Å². The van der Waals surface area contributed by atoms with E-state index in [0.717, 1.165) is 23.2 Å². The lowest BCUT2D eigenvalue weighted by molar-refractivity contribution is -1.02. The minimum Gasteiger partial charge on any atom is -0.305 e. The fraction of sp³-hybridized carbons (Fsp3) is 0.158. The van der Waals surface area contributed by atoms with Gasteiger partial charge in [0.25, 0.3) is 5.69 Å². The second-order valence-corrected chi connectivity index (χ2v) is 5.09. The van der Waals surface area contributed by atoms with Crippen LogP contribution in [0.2, 0.25) is 0 Å². The lowest BCUT2D eigenvalue weighted by Gasteiger charge is -1.92. The number of carbonyl (C=O) groups excluding carboxylic acids is 2. The summed E-state index contributed by atoms with van der Waals surface area (Å²) in [6.07, 6.45) is 11.2. The predicted molar refractivity (Wildman–Crippen MR) is 90.9 cm³/mol. The minimum absolute atomic E-state index is 0.183. The van der Waals surface area contributed by atoms with Gasteiger partial charge >= 0.3 is 5.69 Å². The van der Waals surface area contributed by atoms with Gasteiger partial charge in [-0.2, -0.15) is 0 Å². The monoisotopic (exact) mass is 339 g/mol. The quantitative estimate of drug-likeness (QED) is 0.631. The van der Waals surface area contributed by atoms with E-state index in [1.807, 2.05) is 30.4 Å². The third-order valence-electron chi connectivity index (χ3n) is 3.40. The van der Waals surface area contributed by atoms with Crippen LogP contribution in [0.3, 0.4) is 0 Å². The van der Waals surface area contributed by atoms with Crippen molar-refractivity contribution in [1.82, 2.24) is 5.16 Å². The molecule has 1 aliphatic rings. The molecule has 0 bridgehead atoms. The SMILES string of the molecule is CO[n+]1onc(C(=O)c2ccccc2)c1C.O=CC1=CCC=CC=C1. The summed E-state index contributed by atoms with van der Waals surface area (Å²) in [5.41, 5.74) is 2.13. The highest BCUT2D eigenvalue weighted by Gasteiger charge is 2.28. The van der Waals surface area contributed by atoms with Gasteiger partial charge < -0.3 is 4.84 Å². The van der Waals surface area contributed by atoms with Crippen molar-refractivity contribution in [2.75, 3.05) is 7.11 Å². The number of allylic oxidation sites excluding steroid dienone is 6. The van der Waals surface area contributed by atoms with Gasteiger partial charge in [0.05, 0.1) is 0 Å². The number of aldehydes is 1. The summed E-state index contributed by atoms with van der Waals surface area (Å²) >= 11 is 0. The first kappa shape index (κ1) is 18.1. The number of ketones is 1. The maximum atomic E-state index is 12.0. The number of rotatable bonds is 4. The Morgan fingerprint density at radius 3 is 2.68 bits per heavy atom. The maximum absolute atomic E-state index is 12.0. The van der Waals surface area contributed by atoms with Gasteiger partial charge in [-0.1, -0.05) is 60.7 Å². The van der Waals surface area contributed by atoms with Gasteiger partial charge in [0.2, 0.25) is 5.78 Å². The summed E-state index contributed by atoms with van der Waals surface area (Å²) in [5, 5.41) is 3.68. The summed E-state index contributed by atoms with van der Waals surface area (Å²) in [5.74, 6) is -0.183. The number of benzene rings is 1. The molecule has 25 heavy (non-hydrogen) atoms. The molecule has 1 aromatic carbocycles. The Hall–Kier alpha value is -3.28. The van der Waals surface area contributed by atoms with Crippen LogP contribution in [-0.4, -0.2) is 24.3 Å². The molecule has 0 N–H and O–H groups in total. The molecule has 0 amide bonds. The molecule has 3 rings (SSSR count). The molecular formula is C19H19N2O4+. The zero-order chi connectivity index (χ0) is 18.1. The van der Waals surface area contributed by atoms with Crippen LogP contribution in [0, 0.1) is 6.92 Å². The van der Waals surface area contributed by atoms with Crippen molar-refractivity contribution >= 4 is 12.1 Å². The summed E-state index contributed by atoms with van der Waals surface area (Å²) < 4.78 is 4.81. The fourth-order valence-electron chi connectivity index (χ4n) is 2.08. The highest BCUT2D eigenvalue weighted by molar-refractivity contribution is 6.07. The highest BCUT2D eigenvalue weighted by atomic mass is 16.8. The largest absolute Gasteiger partial charge is 0.321 e. The van der Waals surface area contributed by atoms with Gasteiger partial charge in [-0.25, -0.2) is 0 Å². The molecule has 1 heterocycles. The number of carbonyl (C=O) groups is 2. The molecule has 0 fully saturated rings. The Balaban J connectivity index is 0.000000212. The van der Waals surface area contributed by atoms with E-state index in [1.165, 1.54) is 7.11 Å². The van der Waals surface area contributed by atoms with Gasteiger partial charge in [-0.3, -0.25) is 9.59 Å². The molecule has 0 atom stereocenters. The van der Waals surface area contributed by atoms with Gasteiger partial charge in [-0.05, 0) is 11.0 Å². The zero-order valence-corrected chi connectivity index (χ0v) is 14.1. The summed E-state index contributed by atoms with van der Waals surface area (Å²) in [6.45, 7) is 1.70. The normalized spacial score (nSPS) is 12.5. The van der Waals surface area contributed by atoms with E-state index in [2.05, 4.69) is 5.16 Å². The number of aromatic nitrogens is 2. The Kier molecular flexibility index (Phi) is 6.59. The van der Waals surface area contributed by atoms with Gasteiger partial charge in [0.1, 0.15) is 18.3 Å². The molecule has 1 aliphatic carbocycles. The molecule has 128 valence electrons. The minimum atomic E-state index is -0.183. The Morgan fingerprint density at radius 1 is 1.28 bits per heavy atom. The van der Waals surface area contributed by atoms with Crippen LogP contribution >= 0.6 is 0 Å². The second-order valence-electron chi connectivity index (χ2n) is 5.09. The summed E-state index contributed by atoms with van der Waals surface area (Å²) in [7, 11) is 1.44. The number of hydrogen-bond donors (Lipinski definition) is 0. The van der Waals surface area contributed by atoms with Crippen LogP contribution in [0.4, 0.5) is 0 Å². The standard InChI is InChI=1S/C11H11N2O3.C8H8O/c1-8-10(12-16-13(8)15-2)11(14)9-6-4-3-5-7-9;9-7-8-5-3-1-2-4-6-8/h3-7H,1-2H3;1-3,5-7H,4H2/q+1;. The smallest absolute Gasteiger partial charge is 0.305 e. The Labute approximate surface area is 145 Å². The predicted octanol–water partition coefficient (Wildman–Crippen LogP) is 2.19. The summed E-state index contributed by atoms with van der Waals surface area (Å²) in [6, 6.07) is 8.91. The average molecular weight is 339 g/mol. The van der Waals surface area contributed by atoms with Gasteiger partial charge in [-0.15, -0.1) is 0 Å². The first-order valence-corrected chi connectivity index (χ1v) is 7.69. The van der Waals surface area contributed by atoms with Crippen LogP contribution in [0.25, 0.3) is 0 Å². The molecule has 0 aliphatic heterocycles. The number of hydrogen-bond acceptors (Lipinski definition) is 5.